The first-order valence-electron chi connectivity index (χ1n) is 5.67. The quantitative estimate of drug-likeness (QED) is 0.649. The van der Waals surface area contributed by atoms with Crippen LogP contribution in [0.5, 0.6) is 5.75 Å². The Balaban J connectivity index is 1.70. The van der Waals surface area contributed by atoms with Crippen molar-refractivity contribution in [3.8, 4) is 17.4 Å². The van der Waals surface area contributed by atoms with Gasteiger partial charge >= 0.3 is 0 Å². The van der Waals surface area contributed by atoms with Crippen LogP contribution < -0.4 is 4.74 Å². The summed E-state index contributed by atoms with van der Waals surface area (Å²) in [4.78, 5) is 4.19. The first-order valence-corrected chi connectivity index (χ1v) is 7.25. The van der Waals surface area contributed by atoms with Gasteiger partial charge in [-0.05, 0) is 46.3 Å². The van der Waals surface area contributed by atoms with Crippen LogP contribution in [0.2, 0.25) is 0 Å². The van der Waals surface area contributed by atoms with Gasteiger partial charge in [0.15, 0.2) is 12.4 Å². The summed E-state index contributed by atoms with van der Waals surface area (Å²) < 4.78 is 17.7. The van der Waals surface area contributed by atoms with Crippen LogP contribution in [0.1, 0.15) is 5.82 Å². The number of ether oxygens (including phenoxy) is 1. The van der Waals surface area contributed by atoms with Gasteiger partial charge in [0.05, 0.1) is 10.7 Å². The van der Waals surface area contributed by atoms with Crippen LogP contribution >= 0.6 is 31.9 Å². The van der Waals surface area contributed by atoms with Crippen molar-refractivity contribution in [2.45, 2.75) is 6.61 Å². The maximum absolute atomic E-state index is 5.63. The van der Waals surface area contributed by atoms with Crippen molar-refractivity contribution in [2.75, 3.05) is 0 Å². The van der Waals surface area contributed by atoms with Gasteiger partial charge in [-0.25, -0.2) is 0 Å². The fourth-order valence-electron chi connectivity index (χ4n) is 1.55. The lowest BCUT2D eigenvalue weighted by Crippen LogP contribution is -1.98. The summed E-state index contributed by atoms with van der Waals surface area (Å²) in [5, 5.41) is 3.84. The topological polar surface area (TPSA) is 61.3 Å². The molecule has 20 heavy (non-hydrogen) atoms. The van der Waals surface area contributed by atoms with Crippen molar-refractivity contribution in [1.82, 2.24) is 10.1 Å². The molecular formula is C13H8Br2N2O3. The third-order valence-electron chi connectivity index (χ3n) is 2.45. The second kappa shape index (κ2) is 5.80. The number of hydrogen-bond donors (Lipinski definition) is 0. The molecule has 2 aromatic heterocycles. The van der Waals surface area contributed by atoms with Gasteiger partial charge in [-0.1, -0.05) is 21.1 Å². The Labute approximate surface area is 131 Å². The molecule has 0 atom stereocenters. The fraction of sp³-hybridized carbons (Fsp3) is 0.0769. The molecule has 0 aliphatic carbocycles. The van der Waals surface area contributed by atoms with E-state index in [4.69, 9.17) is 13.7 Å². The van der Waals surface area contributed by atoms with Gasteiger partial charge in [-0.3, -0.25) is 0 Å². The maximum atomic E-state index is 5.63. The standard InChI is InChI=1S/C13H8Br2N2O3/c14-8-3-4-10(9(15)6-8)19-7-12-16-13(20-17-12)11-2-1-5-18-11/h1-6H,7H2. The lowest BCUT2D eigenvalue weighted by atomic mass is 10.3. The van der Waals surface area contributed by atoms with Gasteiger partial charge < -0.3 is 13.7 Å². The van der Waals surface area contributed by atoms with Crippen LogP contribution in [-0.2, 0) is 6.61 Å². The first-order chi connectivity index (χ1) is 9.72. The zero-order valence-corrected chi connectivity index (χ0v) is 13.2. The molecule has 0 N–H and O–H groups in total. The summed E-state index contributed by atoms with van der Waals surface area (Å²) in [6.45, 7) is 0.213. The van der Waals surface area contributed by atoms with Gasteiger partial charge in [-0.15, -0.1) is 0 Å². The Morgan fingerprint density at radius 2 is 2.10 bits per heavy atom. The zero-order chi connectivity index (χ0) is 13.9. The zero-order valence-electron chi connectivity index (χ0n) is 10.0. The molecule has 102 valence electrons. The average molecular weight is 400 g/mol. The molecule has 0 unspecified atom stereocenters. The lowest BCUT2D eigenvalue weighted by molar-refractivity contribution is 0.285. The molecule has 3 aromatic rings. The lowest BCUT2D eigenvalue weighted by Gasteiger charge is -2.05. The summed E-state index contributed by atoms with van der Waals surface area (Å²) in [6.07, 6.45) is 1.55. The summed E-state index contributed by atoms with van der Waals surface area (Å²) in [7, 11) is 0. The molecule has 0 saturated heterocycles. The van der Waals surface area contributed by atoms with Crippen molar-refractivity contribution in [3.63, 3.8) is 0 Å². The van der Waals surface area contributed by atoms with Gasteiger partial charge in [0.1, 0.15) is 5.75 Å². The number of nitrogens with zero attached hydrogens (tertiary/aromatic N) is 2. The van der Waals surface area contributed by atoms with E-state index in [1.165, 1.54) is 0 Å². The minimum atomic E-state index is 0.213. The Hall–Kier alpha value is -1.60. The van der Waals surface area contributed by atoms with E-state index < -0.39 is 0 Å². The van der Waals surface area contributed by atoms with E-state index >= 15 is 0 Å². The van der Waals surface area contributed by atoms with Gasteiger partial charge in [0.2, 0.25) is 5.82 Å². The van der Waals surface area contributed by atoms with Crippen LogP contribution in [0.4, 0.5) is 0 Å². The van der Waals surface area contributed by atoms with Gasteiger partial charge in [0.25, 0.3) is 5.89 Å². The normalized spacial score (nSPS) is 10.7. The molecule has 0 amide bonds. The Kier molecular flexibility index (Phi) is 3.88. The molecule has 0 radical (unpaired) electrons. The van der Waals surface area contributed by atoms with Crippen molar-refractivity contribution >= 4 is 31.9 Å². The molecule has 0 aliphatic rings. The predicted molar refractivity (Wildman–Crippen MR) is 78.2 cm³/mol. The van der Waals surface area contributed by atoms with Crippen LogP contribution in [-0.4, -0.2) is 10.1 Å². The minimum Gasteiger partial charge on any atom is -0.484 e. The summed E-state index contributed by atoms with van der Waals surface area (Å²) in [5.74, 6) is 2.03. The number of rotatable bonds is 4. The number of hydrogen-bond acceptors (Lipinski definition) is 5. The minimum absolute atomic E-state index is 0.213. The summed E-state index contributed by atoms with van der Waals surface area (Å²) in [5.41, 5.74) is 0. The fourth-order valence-corrected chi connectivity index (χ4v) is 2.71. The number of benzene rings is 1. The van der Waals surface area contributed by atoms with E-state index in [-0.39, 0.29) is 6.61 Å². The summed E-state index contributed by atoms with van der Waals surface area (Å²) in [6, 6.07) is 9.16. The third-order valence-corrected chi connectivity index (χ3v) is 3.56. The van der Waals surface area contributed by atoms with E-state index in [1.54, 1.807) is 18.4 Å². The molecule has 1 aromatic carbocycles. The molecule has 5 nitrogen and oxygen atoms in total. The molecule has 0 spiro atoms. The van der Waals surface area contributed by atoms with Crippen LogP contribution in [0, 0.1) is 0 Å². The highest BCUT2D eigenvalue weighted by Gasteiger charge is 2.12. The monoisotopic (exact) mass is 398 g/mol. The van der Waals surface area contributed by atoms with E-state index in [0.717, 1.165) is 8.95 Å². The SMILES string of the molecule is Brc1ccc(OCc2noc(-c3ccco3)n2)c(Br)c1. The largest absolute Gasteiger partial charge is 0.484 e. The van der Waals surface area contributed by atoms with Gasteiger partial charge in [-0.2, -0.15) is 4.98 Å². The second-order valence-electron chi connectivity index (χ2n) is 3.86. The molecule has 2 heterocycles. The predicted octanol–water partition coefficient (Wildman–Crippen LogP) is 4.43. The maximum Gasteiger partial charge on any atom is 0.293 e. The molecule has 0 bridgehead atoms. The molecule has 0 fully saturated rings. The van der Waals surface area contributed by atoms with Crippen molar-refractivity contribution in [3.05, 3.63) is 51.4 Å². The van der Waals surface area contributed by atoms with Crippen molar-refractivity contribution in [1.29, 1.82) is 0 Å². The number of aromatic nitrogens is 2. The summed E-state index contributed by atoms with van der Waals surface area (Å²) >= 11 is 6.81. The van der Waals surface area contributed by atoms with E-state index in [0.29, 0.717) is 23.2 Å². The van der Waals surface area contributed by atoms with Gasteiger partial charge in [0, 0.05) is 4.47 Å². The Morgan fingerprint density at radius 1 is 1.20 bits per heavy atom. The molecule has 7 heteroatoms. The van der Waals surface area contributed by atoms with Crippen molar-refractivity contribution < 1.29 is 13.7 Å². The molecule has 3 rings (SSSR count). The first kappa shape index (κ1) is 13.4. The smallest absolute Gasteiger partial charge is 0.293 e. The highest BCUT2D eigenvalue weighted by molar-refractivity contribution is 9.11. The molecule has 0 saturated carbocycles. The number of furan rings is 1. The van der Waals surface area contributed by atoms with E-state index in [1.807, 2.05) is 18.2 Å². The third kappa shape index (κ3) is 2.94. The number of halogens is 2. The Morgan fingerprint density at radius 3 is 2.85 bits per heavy atom. The van der Waals surface area contributed by atoms with Crippen molar-refractivity contribution in [2.24, 2.45) is 0 Å². The highest BCUT2D eigenvalue weighted by atomic mass is 79.9. The van der Waals surface area contributed by atoms with Crippen LogP contribution in [0.3, 0.4) is 0 Å². The van der Waals surface area contributed by atoms with E-state index in [2.05, 4.69) is 42.0 Å². The highest BCUT2D eigenvalue weighted by Crippen LogP contribution is 2.28. The average Bonchev–Trinajstić information content (AvgIpc) is 3.08. The molecular weight excluding hydrogens is 392 g/mol. The van der Waals surface area contributed by atoms with Crippen LogP contribution in [0.15, 0.2) is 54.5 Å². The molecule has 0 aliphatic heterocycles. The van der Waals surface area contributed by atoms with E-state index in [9.17, 15) is 0 Å². The van der Waals surface area contributed by atoms with Crippen LogP contribution in [0.25, 0.3) is 11.7 Å². The second-order valence-corrected chi connectivity index (χ2v) is 5.63. The Bertz CT molecular complexity index is 710.